The molecular formula is C49H90O5. The van der Waals surface area contributed by atoms with E-state index >= 15 is 0 Å². The number of allylic oxidation sites excluding steroid dienone is 6. The summed E-state index contributed by atoms with van der Waals surface area (Å²) in [5.74, 6) is -0.415. The third-order valence-electron chi connectivity index (χ3n) is 10.1. The van der Waals surface area contributed by atoms with Crippen LogP contribution in [0.1, 0.15) is 239 Å². The van der Waals surface area contributed by atoms with Gasteiger partial charge in [0.05, 0.1) is 6.61 Å². The van der Waals surface area contributed by atoms with Crippen molar-refractivity contribution in [1.82, 2.24) is 0 Å². The maximum Gasteiger partial charge on any atom is 0.306 e. The second kappa shape index (κ2) is 45.5. The van der Waals surface area contributed by atoms with Gasteiger partial charge in [-0.05, 0) is 83.5 Å². The summed E-state index contributed by atoms with van der Waals surface area (Å²) in [7, 11) is 0. The first kappa shape index (κ1) is 52.1. The van der Waals surface area contributed by atoms with Gasteiger partial charge in [-0.15, -0.1) is 0 Å². The van der Waals surface area contributed by atoms with Crippen molar-refractivity contribution in [2.75, 3.05) is 19.8 Å². The van der Waals surface area contributed by atoms with Gasteiger partial charge in [0.2, 0.25) is 0 Å². The predicted molar refractivity (Wildman–Crippen MR) is 233 cm³/mol. The topological polar surface area (TPSA) is 61.8 Å². The molecule has 316 valence electrons. The number of hydrogen-bond donors (Lipinski definition) is 0. The lowest BCUT2D eigenvalue weighted by molar-refractivity contribution is -0.163. The molecule has 5 heteroatoms. The summed E-state index contributed by atoms with van der Waals surface area (Å²) in [5, 5.41) is 0. The molecule has 0 saturated heterocycles. The molecule has 0 aromatic rings. The van der Waals surface area contributed by atoms with E-state index in [0.29, 0.717) is 19.4 Å². The largest absolute Gasteiger partial charge is 0.462 e. The highest BCUT2D eigenvalue weighted by Crippen LogP contribution is 2.13. The summed E-state index contributed by atoms with van der Waals surface area (Å²) >= 11 is 0. The Labute approximate surface area is 336 Å². The molecule has 5 nitrogen and oxygen atoms in total. The summed E-state index contributed by atoms with van der Waals surface area (Å²) in [6, 6.07) is 0. The minimum Gasteiger partial charge on any atom is -0.462 e. The van der Waals surface area contributed by atoms with Gasteiger partial charge in [0.1, 0.15) is 6.61 Å². The maximum absolute atomic E-state index is 12.7. The third-order valence-corrected chi connectivity index (χ3v) is 10.1. The van der Waals surface area contributed by atoms with E-state index in [1.165, 1.54) is 141 Å². The molecule has 0 N–H and O–H groups in total. The second-order valence-electron chi connectivity index (χ2n) is 15.6. The summed E-state index contributed by atoms with van der Waals surface area (Å²) < 4.78 is 17.3. The first-order valence-corrected chi connectivity index (χ1v) is 23.5. The zero-order valence-electron chi connectivity index (χ0n) is 36.2. The molecule has 0 saturated carbocycles. The van der Waals surface area contributed by atoms with Crippen LogP contribution < -0.4 is 0 Å². The van der Waals surface area contributed by atoms with Gasteiger partial charge in [-0.25, -0.2) is 0 Å². The molecular weight excluding hydrogens is 669 g/mol. The molecule has 54 heavy (non-hydrogen) atoms. The van der Waals surface area contributed by atoms with Crippen molar-refractivity contribution in [3.8, 4) is 0 Å². The standard InChI is InChI=1S/C49H90O5/c1-4-7-10-13-16-19-22-24-25-26-28-30-33-36-39-42-48(50)53-46-47(45-52-44-41-38-35-32-29-23-20-17-14-11-8-5-2)54-49(51)43-40-37-34-31-27-21-18-15-12-9-6-3/h14-15,17-18,24-25,47H,4-13,16,19-23,26-46H2,1-3H3/b17-14-,18-15-,25-24-. The molecule has 0 bridgehead atoms. The minimum atomic E-state index is -0.541. The second-order valence-corrected chi connectivity index (χ2v) is 15.6. The van der Waals surface area contributed by atoms with Crippen molar-refractivity contribution in [3.05, 3.63) is 36.5 Å². The quantitative estimate of drug-likeness (QED) is 0.0352. The molecule has 0 rings (SSSR count). The van der Waals surface area contributed by atoms with Gasteiger partial charge >= 0.3 is 11.9 Å². The normalized spacial score (nSPS) is 12.4. The van der Waals surface area contributed by atoms with Crippen LogP contribution in [0.3, 0.4) is 0 Å². The Hall–Kier alpha value is -1.88. The lowest BCUT2D eigenvalue weighted by Crippen LogP contribution is -2.30. The van der Waals surface area contributed by atoms with Crippen LogP contribution in [0.25, 0.3) is 0 Å². The number of carbonyl (C=O) groups is 2. The third kappa shape index (κ3) is 42.9. The molecule has 0 fully saturated rings. The van der Waals surface area contributed by atoms with Crippen molar-refractivity contribution in [2.45, 2.75) is 245 Å². The molecule has 0 aliphatic rings. The summed E-state index contributed by atoms with van der Waals surface area (Å²) in [4.78, 5) is 25.2. The van der Waals surface area contributed by atoms with Crippen molar-refractivity contribution in [2.24, 2.45) is 0 Å². The number of carbonyl (C=O) groups excluding carboxylic acids is 2. The smallest absolute Gasteiger partial charge is 0.306 e. The van der Waals surface area contributed by atoms with Crippen molar-refractivity contribution < 1.29 is 23.8 Å². The van der Waals surface area contributed by atoms with Crippen LogP contribution in [0, 0.1) is 0 Å². The van der Waals surface area contributed by atoms with Crippen LogP contribution in [0.5, 0.6) is 0 Å². The monoisotopic (exact) mass is 759 g/mol. The van der Waals surface area contributed by atoms with Gasteiger partial charge < -0.3 is 14.2 Å². The maximum atomic E-state index is 12.7. The fourth-order valence-corrected chi connectivity index (χ4v) is 6.52. The van der Waals surface area contributed by atoms with Crippen LogP contribution >= 0.6 is 0 Å². The summed E-state index contributed by atoms with van der Waals surface area (Å²) in [6.07, 6.45) is 52.8. The fourth-order valence-electron chi connectivity index (χ4n) is 6.52. The number of ether oxygens (including phenoxy) is 3. The highest BCUT2D eigenvalue weighted by molar-refractivity contribution is 5.70. The lowest BCUT2D eigenvalue weighted by atomic mass is 10.1. The van der Waals surface area contributed by atoms with E-state index in [4.69, 9.17) is 14.2 Å². The van der Waals surface area contributed by atoms with E-state index in [2.05, 4.69) is 57.2 Å². The number of hydrogen-bond acceptors (Lipinski definition) is 5. The summed E-state index contributed by atoms with van der Waals surface area (Å²) in [5.41, 5.74) is 0. The van der Waals surface area contributed by atoms with E-state index in [0.717, 1.165) is 64.2 Å². The van der Waals surface area contributed by atoms with Gasteiger partial charge in [-0.3, -0.25) is 9.59 Å². The number of rotatable bonds is 43. The number of esters is 2. The van der Waals surface area contributed by atoms with E-state index in [9.17, 15) is 9.59 Å². The molecule has 0 aliphatic carbocycles. The van der Waals surface area contributed by atoms with Crippen LogP contribution in [-0.2, 0) is 23.8 Å². The highest BCUT2D eigenvalue weighted by atomic mass is 16.6. The highest BCUT2D eigenvalue weighted by Gasteiger charge is 2.17. The Bertz CT molecular complexity index is 862. The van der Waals surface area contributed by atoms with E-state index in [-0.39, 0.29) is 25.2 Å². The first-order chi connectivity index (χ1) is 26.6. The Balaban J connectivity index is 4.25. The molecule has 1 atom stereocenters. The fraction of sp³-hybridized carbons (Fsp3) is 0.837. The molecule has 0 spiro atoms. The SMILES string of the molecule is CCCC/C=C\CCCCCCCCOCC(COC(=O)CCCCCCC/C=C\CCCCCCCC)OC(=O)CCCCCCC/C=C\CCCC. The lowest BCUT2D eigenvalue weighted by Gasteiger charge is -2.18. The average Bonchev–Trinajstić information content (AvgIpc) is 3.17. The van der Waals surface area contributed by atoms with Crippen molar-refractivity contribution >= 4 is 11.9 Å². The van der Waals surface area contributed by atoms with Gasteiger partial charge in [0.15, 0.2) is 6.10 Å². The zero-order valence-corrected chi connectivity index (χ0v) is 36.2. The molecule has 0 aromatic carbocycles. The minimum absolute atomic E-state index is 0.0777. The molecule has 0 radical (unpaired) electrons. The van der Waals surface area contributed by atoms with Gasteiger partial charge in [0.25, 0.3) is 0 Å². The molecule has 0 aliphatic heterocycles. The van der Waals surface area contributed by atoms with E-state index in [1.54, 1.807) is 0 Å². The molecule has 0 heterocycles. The Kier molecular flexibility index (Phi) is 43.9. The number of unbranched alkanes of at least 4 members (excludes halogenated alkanes) is 26. The Morgan fingerprint density at radius 3 is 1.19 bits per heavy atom. The van der Waals surface area contributed by atoms with Crippen LogP contribution in [-0.4, -0.2) is 37.9 Å². The zero-order chi connectivity index (χ0) is 39.3. The van der Waals surface area contributed by atoms with E-state index < -0.39 is 6.10 Å². The van der Waals surface area contributed by atoms with E-state index in [1.807, 2.05) is 0 Å². The molecule has 1 unspecified atom stereocenters. The first-order valence-electron chi connectivity index (χ1n) is 23.5. The van der Waals surface area contributed by atoms with Gasteiger partial charge in [-0.2, -0.15) is 0 Å². The van der Waals surface area contributed by atoms with Gasteiger partial charge in [-0.1, -0.05) is 179 Å². The van der Waals surface area contributed by atoms with Crippen LogP contribution in [0.2, 0.25) is 0 Å². The average molecular weight is 759 g/mol. The van der Waals surface area contributed by atoms with Crippen molar-refractivity contribution in [3.63, 3.8) is 0 Å². The van der Waals surface area contributed by atoms with Crippen LogP contribution in [0.15, 0.2) is 36.5 Å². The Morgan fingerprint density at radius 2 is 0.741 bits per heavy atom. The van der Waals surface area contributed by atoms with Crippen LogP contribution in [0.4, 0.5) is 0 Å². The molecule has 0 amide bonds. The van der Waals surface area contributed by atoms with Crippen molar-refractivity contribution in [1.29, 1.82) is 0 Å². The Morgan fingerprint density at radius 1 is 0.389 bits per heavy atom. The van der Waals surface area contributed by atoms with Gasteiger partial charge in [0, 0.05) is 19.4 Å². The molecule has 0 aromatic heterocycles. The summed E-state index contributed by atoms with van der Waals surface area (Å²) in [6.45, 7) is 7.74. The predicted octanol–water partition coefficient (Wildman–Crippen LogP) is 15.4.